The second-order valence-electron chi connectivity index (χ2n) is 4.34. The van der Waals surface area contributed by atoms with Crippen LogP contribution in [0.5, 0.6) is 0 Å². The molecule has 98 valence electrons. The van der Waals surface area contributed by atoms with Gasteiger partial charge in [-0.2, -0.15) is 0 Å². The molecule has 3 unspecified atom stereocenters. The van der Waals surface area contributed by atoms with Gasteiger partial charge in [-0.25, -0.2) is 0 Å². The first-order chi connectivity index (χ1) is 8.08. The van der Waals surface area contributed by atoms with Crippen LogP contribution in [0.1, 0.15) is 36.1 Å². The first kappa shape index (κ1) is 14.6. The maximum atomic E-state index is 6.14. The molecule has 0 fully saturated rings. The second-order valence-corrected chi connectivity index (χ2v) is 5.66. The van der Waals surface area contributed by atoms with E-state index in [0.717, 1.165) is 6.42 Å². The van der Waals surface area contributed by atoms with Crippen molar-refractivity contribution in [3.8, 4) is 0 Å². The number of nitrogens with two attached hydrogens (primary N) is 1. The molecule has 0 amide bonds. The molecule has 0 aliphatic rings. The summed E-state index contributed by atoms with van der Waals surface area (Å²) in [6, 6.07) is 4.26. The van der Waals surface area contributed by atoms with Crippen molar-refractivity contribution < 1.29 is 9.47 Å². The van der Waals surface area contributed by atoms with E-state index in [-0.39, 0.29) is 18.2 Å². The van der Waals surface area contributed by atoms with E-state index in [1.807, 2.05) is 6.92 Å². The molecule has 3 nitrogen and oxygen atoms in total. The third-order valence-corrected chi connectivity index (χ3v) is 3.74. The molecule has 1 rings (SSSR count). The standard InChI is InChI=1S/C13H23NO2S/c1-5-11(14)13(16-9(2)8-15-4)12-7-6-10(3)17-12/h6-7,9,11,13H,5,8,14H2,1-4H3. The van der Waals surface area contributed by atoms with Crippen molar-refractivity contribution in [3.63, 3.8) is 0 Å². The smallest absolute Gasteiger partial charge is 0.107 e. The molecule has 1 aromatic rings. The van der Waals surface area contributed by atoms with Gasteiger partial charge in [0.1, 0.15) is 6.10 Å². The van der Waals surface area contributed by atoms with Crippen LogP contribution in [0.25, 0.3) is 0 Å². The van der Waals surface area contributed by atoms with Gasteiger partial charge in [-0.05, 0) is 32.4 Å². The molecule has 0 aliphatic heterocycles. The first-order valence-electron chi connectivity index (χ1n) is 6.04. The number of hydrogen-bond acceptors (Lipinski definition) is 4. The van der Waals surface area contributed by atoms with Crippen LogP contribution in [-0.4, -0.2) is 25.9 Å². The van der Waals surface area contributed by atoms with E-state index in [9.17, 15) is 0 Å². The highest BCUT2D eigenvalue weighted by Gasteiger charge is 2.23. The molecule has 17 heavy (non-hydrogen) atoms. The Labute approximate surface area is 108 Å². The zero-order chi connectivity index (χ0) is 12.8. The predicted octanol–water partition coefficient (Wildman–Crippen LogP) is 2.89. The number of aryl methyl sites for hydroxylation is 1. The van der Waals surface area contributed by atoms with Crippen molar-refractivity contribution in [1.29, 1.82) is 0 Å². The summed E-state index contributed by atoms with van der Waals surface area (Å²) in [6.45, 7) is 6.79. The molecule has 1 heterocycles. The molecule has 3 atom stereocenters. The van der Waals surface area contributed by atoms with Gasteiger partial charge in [-0.1, -0.05) is 6.92 Å². The quantitative estimate of drug-likeness (QED) is 0.817. The van der Waals surface area contributed by atoms with Crippen molar-refractivity contribution in [1.82, 2.24) is 0 Å². The summed E-state index contributed by atoms with van der Waals surface area (Å²) in [7, 11) is 1.68. The molecule has 0 bridgehead atoms. The number of methoxy groups -OCH3 is 1. The lowest BCUT2D eigenvalue weighted by Crippen LogP contribution is -2.32. The Morgan fingerprint density at radius 1 is 1.41 bits per heavy atom. The molecular weight excluding hydrogens is 234 g/mol. The van der Waals surface area contributed by atoms with Crippen molar-refractivity contribution in [3.05, 3.63) is 21.9 Å². The summed E-state index contributed by atoms with van der Waals surface area (Å²) < 4.78 is 11.1. The fourth-order valence-electron chi connectivity index (χ4n) is 1.72. The maximum Gasteiger partial charge on any atom is 0.107 e. The van der Waals surface area contributed by atoms with Crippen LogP contribution in [0.4, 0.5) is 0 Å². The molecule has 1 aromatic heterocycles. The zero-order valence-electron chi connectivity index (χ0n) is 11.1. The molecular formula is C13H23NO2S. The summed E-state index contributed by atoms with van der Waals surface area (Å²) >= 11 is 1.75. The van der Waals surface area contributed by atoms with E-state index < -0.39 is 0 Å². The van der Waals surface area contributed by atoms with Crippen molar-refractivity contribution in [2.75, 3.05) is 13.7 Å². The summed E-state index contributed by atoms with van der Waals surface area (Å²) in [6.07, 6.45) is 0.940. The highest BCUT2D eigenvalue weighted by molar-refractivity contribution is 7.12. The van der Waals surface area contributed by atoms with Gasteiger partial charge in [0.25, 0.3) is 0 Å². The zero-order valence-corrected chi connectivity index (χ0v) is 11.9. The molecule has 0 saturated carbocycles. The van der Waals surface area contributed by atoms with Gasteiger partial charge in [0.15, 0.2) is 0 Å². The summed E-state index contributed by atoms with van der Waals surface area (Å²) in [5.74, 6) is 0. The van der Waals surface area contributed by atoms with Gasteiger partial charge < -0.3 is 15.2 Å². The average Bonchev–Trinajstić information content (AvgIpc) is 2.72. The average molecular weight is 257 g/mol. The lowest BCUT2D eigenvalue weighted by atomic mass is 10.1. The summed E-state index contributed by atoms with van der Waals surface area (Å²) in [5, 5.41) is 0. The Kier molecular flexibility index (Phi) is 6.12. The minimum absolute atomic E-state index is 0.0242. The van der Waals surface area contributed by atoms with E-state index in [1.165, 1.54) is 9.75 Å². The minimum atomic E-state index is -0.0242. The Balaban J connectivity index is 2.74. The van der Waals surface area contributed by atoms with Crippen LogP contribution in [0, 0.1) is 6.92 Å². The van der Waals surface area contributed by atoms with Crippen LogP contribution in [0.15, 0.2) is 12.1 Å². The molecule has 4 heteroatoms. The van der Waals surface area contributed by atoms with Crippen LogP contribution in [-0.2, 0) is 9.47 Å². The third-order valence-electron chi connectivity index (χ3n) is 2.68. The van der Waals surface area contributed by atoms with Crippen LogP contribution < -0.4 is 5.73 Å². The van der Waals surface area contributed by atoms with Gasteiger partial charge >= 0.3 is 0 Å². The van der Waals surface area contributed by atoms with E-state index in [2.05, 4.69) is 26.0 Å². The molecule has 0 aliphatic carbocycles. The number of thiophene rings is 1. The lowest BCUT2D eigenvalue weighted by Gasteiger charge is -2.25. The largest absolute Gasteiger partial charge is 0.382 e. The van der Waals surface area contributed by atoms with Gasteiger partial charge in [0, 0.05) is 22.9 Å². The van der Waals surface area contributed by atoms with Gasteiger partial charge in [-0.15, -0.1) is 11.3 Å². The van der Waals surface area contributed by atoms with E-state index in [0.29, 0.717) is 6.61 Å². The highest BCUT2D eigenvalue weighted by atomic mass is 32.1. The Hall–Kier alpha value is -0.420. The van der Waals surface area contributed by atoms with Crippen molar-refractivity contribution >= 4 is 11.3 Å². The second kappa shape index (κ2) is 7.11. The van der Waals surface area contributed by atoms with Crippen LogP contribution >= 0.6 is 11.3 Å². The number of ether oxygens (including phenoxy) is 2. The fraction of sp³-hybridized carbons (Fsp3) is 0.692. The van der Waals surface area contributed by atoms with Gasteiger partial charge in [0.05, 0.1) is 12.7 Å². The molecule has 2 N–H and O–H groups in total. The van der Waals surface area contributed by atoms with E-state index in [1.54, 1.807) is 18.4 Å². The van der Waals surface area contributed by atoms with E-state index >= 15 is 0 Å². The predicted molar refractivity (Wildman–Crippen MR) is 72.5 cm³/mol. The topological polar surface area (TPSA) is 44.5 Å². The summed E-state index contributed by atoms with van der Waals surface area (Å²) in [4.78, 5) is 2.50. The Morgan fingerprint density at radius 2 is 2.12 bits per heavy atom. The summed E-state index contributed by atoms with van der Waals surface area (Å²) in [5.41, 5.74) is 6.14. The lowest BCUT2D eigenvalue weighted by molar-refractivity contribution is -0.0492. The number of hydrogen-bond donors (Lipinski definition) is 1. The molecule has 0 aromatic carbocycles. The van der Waals surface area contributed by atoms with E-state index in [4.69, 9.17) is 15.2 Å². The van der Waals surface area contributed by atoms with Gasteiger partial charge in [0.2, 0.25) is 0 Å². The molecule has 0 radical (unpaired) electrons. The monoisotopic (exact) mass is 257 g/mol. The van der Waals surface area contributed by atoms with Crippen LogP contribution in [0.3, 0.4) is 0 Å². The first-order valence-corrected chi connectivity index (χ1v) is 6.86. The van der Waals surface area contributed by atoms with Crippen molar-refractivity contribution in [2.45, 2.75) is 45.4 Å². The Morgan fingerprint density at radius 3 is 2.59 bits per heavy atom. The molecule has 0 spiro atoms. The minimum Gasteiger partial charge on any atom is -0.382 e. The van der Waals surface area contributed by atoms with Gasteiger partial charge in [-0.3, -0.25) is 0 Å². The Bertz CT molecular complexity index is 327. The normalized spacial score (nSPS) is 16.8. The SMILES string of the molecule is CCC(N)C(OC(C)COC)c1ccc(C)s1. The highest BCUT2D eigenvalue weighted by Crippen LogP contribution is 2.29. The molecule has 0 saturated heterocycles. The number of rotatable bonds is 7. The maximum absolute atomic E-state index is 6.14. The van der Waals surface area contributed by atoms with Crippen LogP contribution in [0.2, 0.25) is 0 Å². The third kappa shape index (κ3) is 4.39. The van der Waals surface area contributed by atoms with Crippen molar-refractivity contribution in [2.24, 2.45) is 5.73 Å². The fourth-order valence-corrected chi connectivity index (χ4v) is 2.71.